The van der Waals surface area contributed by atoms with E-state index in [0.717, 1.165) is 19.4 Å². The number of carbonyl (C=O) groups excluding carboxylic acids is 1. The Morgan fingerprint density at radius 2 is 2.00 bits per heavy atom. The minimum absolute atomic E-state index is 0.178. The molecule has 1 saturated heterocycles. The molecule has 0 radical (unpaired) electrons. The van der Waals surface area contributed by atoms with Gasteiger partial charge in [-0.2, -0.15) is 0 Å². The second-order valence-corrected chi connectivity index (χ2v) is 4.59. The minimum Gasteiger partial charge on any atom is -0.335 e. The first kappa shape index (κ1) is 11.2. The fourth-order valence-electron chi connectivity index (χ4n) is 2.50. The topological polar surface area (TPSA) is 20.3 Å². The molecule has 0 N–H and O–H groups in total. The van der Waals surface area contributed by atoms with Gasteiger partial charge in [0.1, 0.15) is 0 Å². The molecule has 2 heteroatoms. The Morgan fingerprint density at radius 3 is 2.62 bits per heavy atom. The smallest absolute Gasteiger partial charge is 0.226 e. The third-order valence-electron chi connectivity index (χ3n) is 3.31. The number of rotatable bonds is 3. The van der Waals surface area contributed by atoms with Gasteiger partial charge >= 0.3 is 0 Å². The molecule has 1 fully saturated rings. The van der Waals surface area contributed by atoms with Gasteiger partial charge in [0.15, 0.2) is 0 Å². The molecule has 1 aromatic rings. The van der Waals surface area contributed by atoms with Crippen LogP contribution in [0.25, 0.3) is 0 Å². The van der Waals surface area contributed by atoms with Crippen molar-refractivity contribution >= 4 is 5.91 Å². The van der Waals surface area contributed by atoms with E-state index in [1.54, 1.807) is 0 Å². The molecule has 16 heavy (non-hydrogen) atoms. The lowest BCUT2D eigenvalue weighted by molar-refractivity contribution is -0.131. The molecule has 2 nitrogen and oxygen atoms in total. The van der Waals surface area contributed by atoms with Crippen LogP contribution < -0.4 is 0 Å². The highest BCUT2D eigenvalue weighted by atomic mass is 16.2. The first-order valence-electron chi connectivity index (χ1n) is 6.09. The van der Waals surface area contributed by atoms with Crippen molar-refractivity contribution in [1.82, 2.24) is 4.90 Å². The van der Waals surface area contributed by atoms with Crippen molar-refractivity contribution in [2.45, 2.75) is 32.7 Å². The van der Waals surface area contributed by atoms with E-state index in [0.29, 0.717) is 11.9 Å². The summed E-state index contributed by atoms with van der Waals surface area (Å²) in [7, 11) is 0. The number of nitrogens with zero attached hydrogens (tertiary/aromatic N) is 1. The Morgan fingerprint density at radius 1 is 1.31 bits per heavy atom. The van der Waals surface area contributed by atoms with Crippen LogP contribution in [-0.4, -0.2) is 17.4 Å². The predicted molar refractivity (Wildman–Crippen MR) is 65.0 cm³/mol. The maximum atomic E-state index is 12.0. The number of benzene rings is 1. The molecule has 1 aliphatic rings. The molecule has 0 bridgehead atoms. The third-order valence-corrected chi connectivity index (χ3v) is 3.31. The molecule has 86 valence electrons. The van der Waals surface area contributed by atoms with Gasteiger partial charge in [0.25, 0.3) is 0 Å². The summed E-state index contributed by atoms with van der Waals surface area (Å²) in [6, 6.07) is 10.7. The Hall–Kier alpha value is -1.31. The number of carbonyl (C=O) groups is 1. The van der Waals surface area contributed by atoms with Gasteiger partial charge in [0, 0.05) is 12.5 Å². The van der Waals surface area contributed by atoms with Crippen LogP contribution in [0.3, 0.4) is 0 Å². The van der Waals surface area contributed by atoms with Gasteiger partial charge in [-0.05, 0) is 18.4 Å². The summed E-state index contributed by atoms with van der Waals surface area (Å²) >= 11 is 0. The summed E-state index contributed by atoms with van der Waals surface area (Å²) < 4.78 is 0. The lowest BCUT2D eigenvalue weighted by Gasteiger charge is -2.24. The van der Waals surface area contributed by atoms with Gasteiger partial charge in [-0.25, -0.2) is 0 Å². The van der Waals surface area contributed by atoms with E-state index >= 15 is 0 Å². The van der Waals surface area contributed by atoms with Crippen LogP contribution in [0.2, 0.25) is 0 Å². The van der Waals surface area contributed by atoms with E-state index in [2.05, 4.69) is 19.1 Å². The minimum atomic E-state index is 0.178. The summed E-state index contributed by atoms with van der Waals surface area (Å²) in [6.07, 6.45) is 1.99. The van der Waals surface area contributed by atoms with Gasteiger partial charge in [-0.3, -0.25) is 4.79 Å². The highest BCUT2D eigenvalue weighted by Crippen LogP contribution is 2.35. The lowest BCUT2D eigenvalue weighted by Crippen LogP contribution is -2.29. The summed E-state index contributed by atoms with van der Waals surface area (Å²) in [5, 5.41) is 0. The Labute approximate surface area is 97.3 Å². The molecule has 1 amide bonds. The van der Waals surface area contributed by atoms with E-state index in [1.165, 1.54) is 5.56 Å². The van der Waals surface area contributed by atoms with E-state index in [-0.39, 0.29) is 5.92 Å². The van der Waals surface area contributed by atoms with Crippen molar-refractivity contribution in [3.8, 4) is 0 Å². The zero-order valence-electron chi connectivity index (χ0n) is 10.0. The largest absolute Gasteiger partial charge is 0.335 e. The third kappa shape index (κ3) is 1.97. The molecule has 0 saturated carbocycles. The zero-order chi connectivity index (χ0) is 11.5. The first-order valence-corrected chi connectivity index (χ1v) is 6.09. The van der Waals surface area contributed by atoms with Crippen molar-refractivity contribution in [1.29, 1.82) is 0 Å². The van der Waals surface area contributed by atoms with Crippen molar-refractivity contribution in [2.75, 3.05) is 6.54 Å². The molecular weight excluding hydrogens is 198 g/mol. The Kier molecular flexibility index (Phi) is 3.28. The molecule has 2 rings (SSSR count). The molecule has 1 heterocycles. The molecule has 0 unspecified atom stereocenters. The van der Waals surface area contributed by atoms with Crippen molar-refractivity contribution in [2.24, 2.45) is 5.92 Å². The zero-order valence-corrected chi connectivity index (χ0v) is 10.0. The van der Waals surface area contributed by atoms with Crippen LogP contribution in [-0.2, 0) is 4.79 Å². The van der Waals surface area contributed by atoms with Gasteiger partial charge < -0.3 is 4.90 Å². The van der Waals surface area contributed by atoms with Crippen LogP contribution in [0.15, 0.2) is 30.3 Å². The molecule has 2 atom stereocenters. The molecule has 0 aromatic heterocycles. The maximum Gasteiger partial charge on any atom is 0.226 e. The summed E-state index contributed by atoms with van der Waals surface area (Å²) in [5.74, 6) is 0.493. The number of likely N-dealkylation sites (tertiary alicyclic amines) is 1. The molecular formula is C14H19NO. The monoisotopic (exact) mass is 217 g/mol. The highest BCUT2D eigenvalue weighted by molar-refractivity contribution is 5.81. The Bertz CT molecular complexity index is 360. The van der Waals surface area contributed by atoms with Gasteiger partial charge in [0.05, 0.1) is 6.04 Å². The summed E-state index contributed by atoms with van der Waals surface area (Å²) in [6.45, 7) is 5.04. The highest BCUT2D eigenvalue weighted by Gasteiger charge is 2.36. The fraction of sp³-hybridized carbons (Fsp3) is 0.500. The van der Waals surface area contributed by atoms with Crippen LogP contribution >= 0.6 is 0 Å². The molecule has 1 aromatic carbocycles. The number of amides is 1. The van der Waals surface area contributed by atoms with Crippen LogP contribution in [0, 0.1) is 5.92 Å². The normalized spacial score (nSPS) is 25.1. The van der Waals surface area contributed by atoms with Gasteiger partial charge in [-0.15, -0.1) is 0 Å². The summed E-state index contributed by atoms with van der Waals surface area (Å²) in [5.41, 5.74) is 1.27. The van der Waals surface area contributed by atoms with E-state index in [1.807, 2.05) is 30.0 Å². The van der Waals surface area contributed by atoms with Gasteiger partial charge in [0.2, 0.25) is 5.91 Å². The summed E-state index contributed by atoms with van der Waals surface area (Å²) in [4.78, 5) is 14.0. The van der Waals surface area contributed by atoms with Gasteiger partial charge in [-0.1, -0.05) is 44.2 Å². The molecule has 0 spiro atoms. The van der Waals surface area contributed by atoms with Crippen LogP contribution in [0.1, 0.15) is 38.3 Å². The number of hydrogen-bond donors (Lipinski definition) is 0. The van der Waals surface area contributed by atoms with E-state index in [9.17, 15) is 4.79 Å². The fourth-order valence-corrected chi connectivity index (χ4v) is 2.50. The maximum absolute atomic E-state index is 12.0. The van der Waals surface area contributed by atoms with Crippen LogP contribution in [0.4, 0.5) is 0 Å². The molecule has 0 aliphatic carbocycles. The van der Waals surface area contributed by atoms with Crippen LogP contribution in [0.5, 0.6) is 0 Å². The lowest BCUT2D eigenvalue weighted by atomic mass is 10.0. The average Bonchev–Trinajstić information content (AvgIpc) is 2.59. The first-order chi connectivity index (χ1) is 7.74. The second kappa shape index (κ2) is 4.69. The van der Waals surface area contributed by atoms with Crippen molar-refractivity contribution in [3.63, 3.8) is 0 Å². The Balaban J connectivity index is 2.23. The van der Waals surface area contributed by atoms with Crippen molar-refractivity contribution in [3.05, 3.63) is 35.9 Å². The predicted octanol–water partition coefficient (Wildman–Crippen LogP) is 3.01. The van der Waals surface area contributed by atoms with Crippen molar-refractivity contribution < 1.29 is 4.79 Å². The number of hydrogen-bond acceptors (Lipinski definition) is 1. The van der Waals surface area contributed by atoms with E-state index < -0.39 is 0 Å². The quantitative estimate of drug-likeness (QED) is 0.762. The second-order valence-electron chi connectivity index (χ2n) is 4.59. The van der Waals surface area contributed by atoms with E-state index in [4.69, 9.17) is 0 Å². The molecule has 1 aliphatic heterocycles. The SMILES string of the molecule is CCCN1C(=O)[C@H](C)C[C@@H]1c1ccccc1. The average molecular weight is 217 g/mol. The standard InChI is InChI=1S/C14H19NO/c1-3-9-15-13(10-11(2)14(15)16)12-7-5-4-6-8-12/h4-8,11,13H,3,9-10H2,1-2H3/t11-,13-/m1/s1.